The molecule has 0 radical (unpaired) electrons. The maximum atomic E-state index is 13.3. The zero-order valence-electron chi connectivity index (χ0n) is 18.5. The number of hydrogen-bond donors (Lipinski definition) is 0. The first-order valence-corrected chi connectivity index (χ1v) is 12.3. The van der Waals surface area contributed by atoms with Gasteiger partial charge in [-0.1, -0.05) is 0 Å². The zero-order valence-corrected chi connectivity index (χ0v) is 19.3. The first-order valence-electron chi connectivity index (χ1n) is 10.9. The summed E-state index contributed by atoms with van der Waals surface area (Å²) in [5.74, 6) is 1.00. The Hall–Kier alpha value is -3.57. The summed E-state index contributed by atoms with van der Waals surface area (Å²) in [5, 5.41) is 5.16. The summed E-state index contributed by atoms with van der Waals surface area (Å²) in [4.78, 5) is 11.1. The molecule has 0 atom stereocenters. The van der Waals surface area contributed by atoms with Crippen LogP contribution in [-0.4, -0.2) is 65.3 Å². The molecular formula is C23H23FN6O3S. The predicted octanol–water partition coefficient (Wildman–Crippen LogP) is 2.86. The number of nitrogens with zero attached hydrogens (tertiary/aromatic N) is 6. The highest BCUT2D eigenvalue weighted by atomic mass is 32.2. The van der Waals surface area contributed by atoms with Crippen LogP contribution >= 0.6 is 0 Å². The van der Waals surface area contributed by atoms with Crippen LogP contribution in [0.25, 0.3) is 16.7 Å². The van der Waals surface area contributed by atoms with Crippen LogP contribution in [0, 0.1) is 5.82 Å². The van der Waals surface area contributed by atoms with Gasteiger partial charge in [-0.3, -0.25) is 0 Å². The highest BCUT2D eigenvalue weighted by Gasteiger charge is 2.30. The average molecular weight is 483 g/mol. The third-order valence-electron chi connectivity index (χ3n) is 5.73. The molecule has 1 saturated heterocycles. The van der Waals surface area contributed by atoms with E-state index in [0.29, 0.717) is 55.7 Å². The second kappa shape index (κ2) is 8.99. The smallest absolute Gasteiger partial charge is 0.243 e. The van der Waals surface area contributed by atoms with E-state index in [1.54, 1.807) is 47.3 Å². The van der Waals surface area contributed by atoms with Crippen LogP contribution in [-0.2, 0) is 10.0 Å². The number of anilines is 1. The number of rotatable bonds is 6. The van der Waals surface area contributed by atoms with Crippen molar-refractivity contribution in [2.24, 2.45) is 0 Å². The Morgan fingerprint density at radius 2 is 1.68 bits per heavy atom. The summed E-state index contributed by atoms with van der Waals surface area (Å²) >= 11 is 0. The summed E-state index contributed by atoms with van der Waals surface area (Å²) in [6, 6.07) is 12.5. The zero-order chi connectivity index (χ0) is 23.7. The van der Waals surface area contributed by atoms with Crippen molar-refractivity contribution in [1.82, 2.24) is 24.1 Å². The monoisotopic (exact) mass is 482 g/mol. The molecule has 9 nitrogen and oxygen atoms in total. The van der Waals surface area contributed by atoms with Crippen LogP contribution in [0.3, 0.4) is 0 Å². The van der Waals surface area contributed by atoms with E-state index in [1.165, 1.54) is 22.8 Å². The highest BCUT2D eigenvalue weighted by Crippen LogP contribution is 2.27. The maximum Gasteiger partial charge on any atom is 0.243 e. The molecule has 0 N–H and O–H groups in total. The van der Waals surface area contributed by atoms with Crippen molar-refractivity contribution in [3.8, 4) is 11.4 Å². The lowest BCUT2D eigenvalue weighted by atomic mass is 10.3. The van der Waals surface area contributed by atoms with E-state index < -0.39 is 10.0 Å². The first kappa shape index (κ1) is 22.2. The van der Waals surface area contributed by atoms with Gasteiger partial charge in [0, 0.05) is 26.2 Å². The van der Waals surface area contributed by atoms with Gasteiger partial charge in [0.05, 0.1) is 28.8 Å². The minimum absolute atomic E-state index is 0.245. The van der Waals surface area contributed by atoms with Crippen molar-refractivity contribution >= 4 is 26.9 Å². The van der Waals surface area contributed by atoms with E-state index in [0.717, 1.165) is 5.39 Å². The van der Waals surface area contributed by atoms with E-state index in [1.807, 2.05) is 11.8 Å². The van der Waals surface area contributed by atoms with Crippen molar-refractivity contribution in [2.45, 2.75) is 11.8 Å². The summed E-state index contributed by atoms with van der Waals surface area (Å²) < 4.78 is 48.0. The fraction of sp³-hybridized carbons (Fsp3) is 0.261. The lowest BCUT2D eigenvalue weighted by Gasteiger charge is -2.34. The van der Waals surface area contributed by atoms with Gasteiger partial charge in [0.2, 0.25) is 10.0 Å². The van der Waals surface area contributed by atoms with Gasteiger partial charge in [-0.25, -0.2) is 27.5 Å². The third kappa shape index (κ3) is 4.08. The van der Waals surface area contributed by atoms with Gasteiger partial charge in [0.1, 0.15) is 23.7 Å². The van der Waals surface area contributed by atoms with Crippen molar-refractivity contribution in [3.63, 3.8) is 0 Å². The van der Waals surface area contributed by atoms with Crippen LogP contribution < -0.4 is 9.64 Å². The SMILES string of the molecule is CCOc1ccc(S(=O)(=O)N2CCN(c3ncnc4c3cnn4-c3ccc(F)cc3)CC2)cc1. The molecule has 0 unspecified atom stereocenters. The molecule has 11 heteroatoms. The molecule has 2 aromatic carbocycles. The minimum atomic E-state index is -3.61. The molecule has 0 bridgehead atoms. The topological polar surface area (TPSA) is 93.5 Å². The van der Waals surface area contributed by atoms with Crippen molar-refractivity contribution < 1.29 is 17.5 Å². The summed E-state index contributed by atoms with van der Waals surface area (Å²) in [6.07, 6.45) is 3.14. The highest BCUT2D eigenvalue weighted by molar-refractivity contribution is 7.89. The summed E-state index contributed by atoms with van der Waals surface area (Å²) in [7, 11) is -3.61. The number of piperazine rings is 1. The number of ether oxygens (including phenoxy) is 1. The molecule has 4 aromatic rings. The predicted molar refractivity (Wildman–Crippen MR) is 125 cm³/mol. The molecular weight excluding hydrogens is 459 g/mol. The second-order valence-electron chi connectivity index (χ2n) is 7.76. The molecule has 1 fully saturated rings. The number of aromatic nitrogens is 4. The molecule has 1 aliphatic rings. The van der Waals surface area contributed by atoms with Gasteiger partial charge in [0.25, 0.3) is 0 Å². The lowest BCUT2D eigenvalue weighted by Crippen LogP contribution is -2.49. The normalized spacial score (nSPS) is 15.1. The molecule has 0 amide bonds. The molecule has 0 saturated carbocycles. The molecule has 2 aromatic heterocycles. The van der Waals surface area contributed by atoms with E-state index in [2.05, 4.69) is 15.1 Å². The fourth-order valence-corrected chi connectivity index (χ4v) is 5.44. The number of hydrogen-bond acceptors (Lipinski definition) is 7. The average Bonchev–Trinajstić information content (AvgIpc) is 3.30. The molecule has 176 valence electrons. The standard InChI is InChI=1S/C23H23FN6O3S/c1-2-33-19-7-9-20(10-8-19)34(31,32)29-13-11-28(12-14-29)22-21-15-27-30(23(21)26-16-25-22)18-5-3-17(24)4-6-18/h3-10,15-16H,2,11-14H2,1H3. The Kier molecular flexibility index (Phi) is 5.88. The molecule has 1 aliphatic heterocycles. The molecule has 0 aliphatic carbocycles. The summed E-state index contributed by atoms with van der Waals surface area (Å²) in [6.45, 7) is 4.00. The Bertz CT molecular complexity index is 1400. The second-order valence-corrected chi connectivity index (χ2v) is 9.70. The van der Waals surface area contributed by atoms with Crippen LogP contribution in [0.2, 0.25) is 0 Å². The first-order chi connectivity index (χ1) is 16.5. The number of sulfonamides is 1. The van der Waals surface area contributed by atoms with Crippen LogP contribution in [0.1, 0.15) is 6.92 Å². The Labute approximate surface area is 196 Å². The van der Waals surface area contributed by atoms with Gasteiger partial charge in [-0.15, -0.1) is 0 Å². The van der Waals surface area contributed by atoms with Crippen molar-refractivity contribution in [2.75, 3.05) is 37.7 Å². The Balaban J connectivity index is 1.34. The van der Waals surface area contributed by atoms with Crippen LogP contribution in [0.15, 0.2) is 66.0 Å². The van der Waals surface area contributed by atoms with Crippen LogP contribution in [0.5, 0.6) is 5.75 Å². The van der Waals surface area contributed by atoms with Gasteiger partial charge >= 0.3 is 0 Å². The quantitative estimate of drug-likeness (QED) is 0.417. The molecule has 5 rings (SSSR count). The van der Waals surface area contributed by atoms with Crippen molar-refractivity contribution in [1.29, 1.82) is 0 Å². The number of benzene rings is 2. The third-order valence-corrected chi connectivity index (χ3v) is 7.64. The summed E-state index contributed by atoms with van der Waals surface area (Å²) in [5.41, 5.74) is 1.29. The van der Waals surface area contributed by atoms with E-state index in [4.69, 9.17) is 4.74 Å². The van der Waals surface area contributed by atoms with Gasteiger partial charge in [-0.2, -0.15) is 9.40 Å². The van der Waals surface area contributed by atoms with Gasteiger partial charge < -0.3 is 9.64 Å². The van der Waals surface area contributed by atoms with E-state index in [9.17, 15) is 12.8 Å². The van der Waals surface area contributed by atoms with Gasteiger partial charge in [0.15, 0.2) is 5.65 Å². The minimum Gasteiger partial charge on any atom is -0.494 e. The largest absolute Gasteiger partial charge is 0.494 e. The Morgan fingerprint density at radius 3 is 2.35 bits per heavy atom. The van der Waals surface area contributed by atoms with E-state index >= 15 is 0 Å². The molecule has 34 heavy (non-hydrogen) atoms. The number of fused-ring (bicyclic) bond motifs is 1. The van der Waals surface area contributed by atoms with Crippen molar-refractivity contribution in [3.05, 3.63) is 66.9 Å². The number of halogens is 1. The molecule has 3 heterocycles. The molecule has 0 spiro atoms. The lowest BCUT2D eigenvalue weighted by molar-refractivity contribution is 0.340. The Morgan fingerprint density at radius 1 is 0.971 bits per heavy atom. The van der Waals surface area contributed by atoms with Gasteiger partial charge in [-0.05, 0) is 55.5 Å². The fourth-order valence-electron chi connectivity index (χ4n) is 4.02. The maximum absolute atomic E-state index is 13.3. The van der Waals surface area contributed by atoms with Crippen LogP contribution in [0.4, 0.5) is 10.2 Å². The van der Waals surface area contributed by atoms with E-state index in [-0.39, 0.29) is 10.7 Å².